The predicted molar refractivity (Wildman–Crippen MR) is 81.2 cm³/mol. The summed E-state index contributed by atoms with van der Waals surface area (Å²) in [4.78, 5) is 12.0. The number of anilines is 1. The van der Waals surface area contributed by atoms with Crippen molar-refractivity contribution in [2.75, 3.05) is 25.0 Å². The Balaban J connectivity index is 1.48. The van der Waals surface area contributed by atoms with Crippen LogP contribution in [0.15, 0.2) is 24.4 Å². The van der Waals surface area contributed by atoms with Crippen LogP contribution in [0.5, 0.6) is 0 Å². The van der Waals surface area contributed by atoms with Gasteiger partial charge in [-0.1, -0.05) is 6.07 Å². The summed E-state index contributed by atoms with van der Waals surface area (Å²) in [6.45, 7) is 2.47. The first kappa shape index (κ1) is 14.0. The molecule has 1 aromatic heterocycles. The van der Waals surface area contributed by atoms with Crippen molar-refractivity contribution in [1.29, 1.82) is 0 Å². The minimum atomic E-state index is -0.0300. The average Bonchev–Trinajstić information content (AvgIpc) is 2.98. The minimum absolute atomic E-state index is 0.0300. The molecule has 1 aromatic carbocycles. The molecule has 1 fully saturated rings. The first-order chi connectivity index (χ1) is 10.3. The Hall–Kier alpha value is -1.92. The number of hydrogen-bond acceptors (Lipinski definition) is 4. The number of aromatic amines is 1. The molecule has 0 saturated carbocycles. The van der Waals surface area contributed by atoms with Crippen molar-refractivity contribution in [3.63, 3.8) is 0 Å². The van der Waals surface area contributed by atoms with Crippen LogP contribution < -0.4 is 10.6 Å². The highest BCUT2D eigenvalue weighted by Gasteiger charge is 2.14. The van der Waals surface area contributed by atoms with Crippen LogP contribution in [0.25, 0.3) is 10.9 Å². The van der Waals surface area contributed by atoms with Crippen molar-refractivity contribution in [2.24, 2.45) is 0 Å². The van der Waals surface area contributed by atoms with Gasteiger partial charge in [0, 0.05) is 5.39 Å². The maximum absolute atomic E-state index is 12.0. The maximum atomic E-state index is 12.0. The van der Waals surface area contributed by atoms with Crippen LogP contribution in [0.2, 0.25) is 0 Å². The number of nitrogens with one attached hydrogen (secondary N) is 3. The number of nitrogens with zero attached hydrogens (tertiary/aromatic N) is 1. The summed E-state index contributed by atoms with van der Waals surface area (Å²) in [6.07, 6.45) is 4.43. The first-order valence-electron chi connectivity index (χ1n) is 7.37. The Morgan fingerprint density at radius 3 is 3.10 bits per heavy atom. The van der Waals surface area contributed by atoms with Crippen molar-refractivity contribution in [3.05, 3.63) is 24.4 Å². The van der Waals surface area contributed by atoms with Gasteiger partial charge in [-0.25, -0.2) is 0 Å². The van der Waals surface area contributed by atoms with E-state index in [0.717, 1.165) is 42.5 Å². The maximum Gasteiger partial charge on any atom is 0.226 e. The zero-order valence-corrected chi connectivity index (χ0v) is 11.9. The van der Waals surface area contributed by atoms with Gasteiger partial charge < -0.3 is 15.4 Å². The van der Waals surface area contributed by atoms with Crippen LogP contribution in [-0.4, -0.2) is 41.9 Å². The van der Waals surface area contributed by atoms with Gasteiger partial charge in [0.2, 0.25) is 5.91 Å². The summed E-state index contributed by atoms with van der Waals surface area (Å²) in [5, 5.41) is 14.0. The second kappa shape index (κ2) is 6.69. The number of fused-ring (bicyclic) bond motifs is 1. The number of aromatic nitrogens is 2. The largest absolute Gasteiger partial charge is 0.378 e. The third-order valence-corrected chi connectivity index (χ3v) is 3.73. The molecule has 3 N–H and O–H groups in total. The highest BCUT2D eigenvalue weighted by Crippen LogP contribution is 2.21. The molecular formula is C15H20N4O2. The molecule has 0 atom stereocenters. The van der Waals surface area contributed by atoms with Crippen molar-refractivity contribution < 1.29 is 9.53 Å². The number of amides is 1. The van der Waals surface area contributed by atoms with E-state index in [9.17, 15) is 4.79 Å². The molecule has 0 spiro atoms. The van der Waals surface area contributed by atoms with E-state index in [4.69, 9.17) is 4.74 Å². The molecule has 2 heterocycles. The average molecular weight is 288 g/mol. The molecule has 21 heavy (non-hydrogen) atoms. The summed E-state index contributed by atoms with van der Waals surface area (Å²) in [6, 6.07) is 5.70. The zero-order valence-electron chi connectivity index (χ0n) is 11.9. The van der Waals surface area contributed by atoms with Crippen molar-refractivity contribution in [3.8, 4) is 0 Å². The molecule has 1 amide bonds. The van der Waals surface area contributed by atoms with E-state index >= 15 is 0 Å². The second-order valence-electron chi connectivity index (χ2n) is 5.26. The molecule has 3 rings (SSSR count). The number of piperidine rings is 1. The van der Waals surface area contributed by atoms with Crippen LogP contribution in [0, 0.1) is 0 Å². The molecule has 112 valence electrons. The molecule has 6 heteroatoms. The zero-order chi connectivity index (χ0) is 14.5. The van der Waals surface area contributed by atoms with Crippen molar-refractivity contribution in [2.45, 2.75) is 25.4 Å². The fourth-order valence-electron chi connectivity index (χ4n) is 2.57. The lowest BCUT2D eigenvalue weighted by Crippen LogP contribution is -2.33. The second-order valence-corrected chi connectivity index (χ2v) is 5.26. The lowest BCUT2D eigenvalue weighted by Gasteiger charge is -2.22. The van der Waals surface area contributed by atoms with E-state index in [2.05, 4.69) is 20.8 Å². The Bertz CT molecular complexity index is 604. The smallest absolute Gasteiger partial charge is 0.226 e. The molecule has 1 saturated heterocycles. The van der Waals surface area contributed by atoms with Crippen LogP contribution in [0.4, 0.5) is 5.69 Å². The van der Waals surface area contributed by atoms with Gasteiger partial charge in [-0.05, 0) is 38.1 Å². The van der Waals surface area contributed by atoms with Crippen LogP contribution in [-0.2, 0) is 9.53 Å². The lowest BCUT2D eigenvalue weighted by molar-refractivity contribution is -0.117. The summed E-state index contributed by atoms with van der Waals surface area (Å²) in [5.74, 6) is -0.0300. The van der Waals surface area contributed by atoms with E-state index in [1.165, 1.54) is 0 Å². The number of hydrogen-bond donors (Lipinski definition) is 3. The van der Waals surface area contributed by atoms with Crippen LogP contribution in [0.3, 0.4) is 0 Å². The van der Waals surface area contributed by atoms with Crippen LogP contribution >= 0.6 is 0 Å². The Morgan fingerprint density at radius 2 is 2.24 bits per heavy atom. The Kier molecular flexibility index (Phi) is 4.47. The number of ether oxygens (including phenoxy) is 1. The SMILES string of the molecule is O=C(CCOC1CCNCC1)Nc1cccc2[nH]ncc12. The number of benzene rings is 1. The van der Waals surface area contributed by atoms with E-state index in [-0.39, 0.29) is 12.0 Å². The Labute approximate surface area is 123 Å². The van der Waals surface area contributed by atoms with E-state index < -0.39 is 0 Å². The number of H-pyrrole nitrogens is 1. The van der Waals surface area contributed by atoms with Crippen LogP contribution in [0.1, 0.15) is 19.3 Å². The first-order valence-corrected chi connectivity index (χ1v) is 7.37. The highest BCUT2D eigenvalue weighted by molar-refractivity contribution is 6.00. The molecule has 6 nitrogen and oxygen atoms in total. The lowest BCUT2D eigenvalue weighted by atomic mass is 10.1. The van der Waals surface area contributed by atoms with Crippen molar-refractivity contribution >= 4 is 22.5 Å². The molecular weight excluding hydrogens is 268 g/mol. The summed E-state index contributed by atoms with van der Waals surface area (Å²) in [5.41, 5.74) is 1.70. The molecule has 0 aliphatic carbocycles. The Morgan fingerprint density at radius 1 is 1.38 bits per heavy atom. The standard InChI is InChI=1S/C15H20N4O2/c20-15(6-9-21-11-4-7-16-8-5-11)18-13-2-1-3-14-12(13)10-17-19-14/h1-3,10-11,16H,4-9H2,(H,17,19)(H,18,20). The quantitative estimate of drug-likeness (QED) is 0.782. The summed E-state index contributed by atoms with van der Waals surface area (Å²) < 4.78 is 5.74. The fourth-order valence-corrected chi connectivity index (χ4v) is 2.57. The molecule has 2 aromatic rings. The van der Waals surface area contributed by atoms with Gasteiger partial charge in [0.05, 0.1) is 36.5 Å². The monoisotopic (exact) mass is 288 g/mol. The number of carbonyl (C=O) groups excluding carboxylic acids is 1. The summed E-state index contributed by atoms with van der Waals surface area (Å²) in [7, 11) is 0. The molecule has 1 aliphatic rings. The van der Waals surface area contributed by atoms with Gasteiger partial charge in [0.25, 0.3) is 0 Å². The van der Waals surface area contributed by atoms with Gasteiger partial charge in [-0.2, -0.15) is 5.10 Å². The molecule has 0 bridgehead atoms. The normalized spacial score (nSPS) is 16.2. The van der Waals surface area contributed by atoms with Gasteiger partial charge in [-0.15, -0.1) is 0 Å². The predicted octanol–water partition coefficient (Wildman–Crippen LogP) is 1.66. The fraction of sp³-hybridized carbons (Fsp3) is 0.467. The van der Waals surface area contributed by atoms with Gasteiger partial charge in [-0.3, -0.25) is 9.89 Å². The van der Waals surface area contributed by atoms with E-state index in [1.807, 2.05) is 18.2 Å². The van der Waals surface area contributed by atoms with Gasteiger partial charge in [0.1, 0.15) is 0 Å². The molecule has 0 unspecified atom stereocenters. The van der Waals surface area contributed by atoms with Gasteiger partial charge in [0.15, 0.2) is 0 Å². The molecule has 1 aliphatic heterocycles. The molecule has 0 radical (unpaired) electrons. The van der Waals surface area contributed by atoms with E-state index in [1.54, 1.807) is 6.20 Å². The number of rotatable bonds is 5. The third-order valence-electron chi connectivity index (χ3n) is 3.73. The minimum Gasteiger partial charge on any atom is -0.378 e. The number of carbonyl (C=O) groups is 1. The van der Waals surface area contributed by atoms with E-state index in [0.29, 0.717) is 13.0 Å². The van der Waals surface area contributed by atoms with Crippen molar-refractivity contribution in [1.82, 2.24) is 15.5 Å². The van der Waals surface area contributed by atoms with Gasteiger partial charge >= 0.3 is 0 Å². The third kappa shape index (κ3) is 3.59. The summed E-state index contributed by atoms with van der Waals surface area (Å²) >= 11 is 0. The topological polar surface area (TPSA) is 79.0 Å². The highest BCUT2D eigenvalue weighted by atomic mass is 16.5.